The molecule has 1 amide bonds. The summed E-state index contributed by atoms with van der Waals surface area (Å²) < 4.78 is 0. The Hall–Kier alpha value is -1.35. The number of nitrogens with two attached hydrogens (primary N) is 1. The fourth-order valence-electron chi connectivity index (χ4n) is 2.70. The normalized spacial score (nSPS) is 30.9. The average Bonchev–Trinajstić information content (AvgIpc) is 3.04. The van der Waals surface area contributed by atoms with Crippen LogP contribution < -0.4 is 10.6 Å². The van der Waals surface area contributed by atoms with Crippen LogP contribution in [-0.4, -0.2) is 18.5 Å². The van der Waals surface area contributed by atoms with Gasteiger partial charge in [0.15, 0.2) is 0 Å². The number of carbonyl (C=O) groups excluding carboxylic acids is 1. The summed E-state index contributed by atoms with van der Waals surface area (Å²) in [6.07, 6.45) is 1.91. The van der Waals surface area contributed by atoms with Gasteiger partial charge in [-0.2, -0.15) is 0 Å². The minimum absolute atomic E-state index is 0.0721. The maximum atomic E-state index is 12.3. The number of para-hydroxylation sites is 1. The lowest BCUT2D eigenvalue weighted by Crippen LogP contribution is -2.47. The molecule has 1 aromatic rings. The van der Waals surface area contributed by atoms with E-state index in [2.05, 4.69) is 13.0 Å². The van der Waals surface area contributed by atoms with Crippen LogP contribution in [0, 0.1) is 11.8 Å². The van der Waals surface area contributed by atoms with Crippen LogP contribution >= 0.6 is 0 Å². The SMILES string of the molecule is CC1CC1C(=O)N1CC(N)Cc2ccccc21. The maximum absolute atomic E-state index is 12.3. The molecule has 1 aromatic carbocycles. The molecular weight excluding hydrogens is 212 g/mol. The molecule has 1 saturated carbocycles. The monoisotopic (exact) mass is 230 g/mol. The van der Waals surface area contributed by atoms with Crippen LogP contribution in [0.4, 0.5) is 5.69 Å². The lowest BCUT2D eigenvalue weighted by Gasteiger charge is -2.33. The zero-order chi connectivity index (χ0) is 12.0. The largest absolute Gasteiger partial charge is 0.326 e. The molecule has 17 heavy (non-hydrogen) atoms. The quantitative estimate of drug-likeness (QED) is 0.795. The lowest BCUT2D eigenvalue weighted by atomic mass is 9.98. The molecule has 1 heterocycles. The van der Waals surface area contributed by atoms with E-state index in [1.807, 2.05) is 23.1 Å². The first-order valence-electron chi connectivity index (χ1n) is 6.31. The van der Waals surface area contributed by atoms with Gasteiger partial charge in [0, 0.05) is 24.2 Å². The molecular formula is C14H18N2O. The van der Waals surface area contributed by atoms with Crippen molar-refractivity contribution in [1.82, 2.24) is 0 Å². The number of anilines is 1. The number of rotatable bonds is 1. The number of hydrogen-bond donors (Lipinski definition) is 1. The second-order valence-corrected chi connectivity index (χ2v) is 5.36. The molecule has 0 spiro atoms. The van der Waals surface area contributed by atoms with Crippen molar-refractivity contribution in [3.63, 3.8) is 0 Å². The molecule has 3 nitrogen and oxygen atoms in total. The van der Waals surface area contributed by atoms with Crippen molar-refractivity contribution in [2.45, 2.75) is 25.8 Å². The van der Waals surface area contributed by atoms with Gasteiger partial charge in [0.05, 0.1) is 0 Å². The fourth-order valence-corrected chi connectivity index (χ4v) is 2.70. The Kier molecular flexibility index (Phi) is 2.44. The number of fused-ring (bicyclic) bond motifs is 1. The third kappa shape index (κ3) is 1.84. The summed E-state index contributed by atoms with van der Waals surface area (Å²) in [5.74, 6) is 1.04. The van der Waals surface area contributed by atoms with Crippen LogP contribution in [-0.2, 0) is 11.2 Å². The van der Waals surface area contributed by atoms with E-state index in [4.69, 9.17) is 5.73 Å². The van der Waals surface area contributed by atoms with Gasteiger partial charge in [-0.1, -0.05) is 25.1 Å². The molecule has 2 aliphatic rings. The molecule has 0 bridgehead atoms. The minimum atomic E-state index is 0.0721. The highest BCUT2D eigenvalue weighted by Gasteiger charge is 2.43. The maximum Gasteiger partial charge on any atom is 0.230 e. The topological polar surface area (TPSA) is 46.3 Å². The summed E-state index contributed by atoms with van der Waals surface area (Å²) in [4.78, 5) is 14.2. The first kappa shape index (κ1) is 10.8. The summed E-state index contributed by atoms with van der Waals surface area (Å²) >= 11 is 0. The zero-order valence-electron chi connectivity index (χ0n) is 10.1. The van der Waals surface area contributed by atoms with Crippen molar-refractivity contribution in [3.05, 3.63) is 29.8 Å². The van der Waals surface area contributed by atoms with Gasteiger partial charge in [-0.3, -0.25) is 4.79 Å². The van der Waals surface area contributed by atoms with Crippen molar-refractivity contribution >= 4 is 11.6 Å². The highest BCUT2D eigenvalue weighted by atomic mass is 16.2. The number of hydrogen-bond acceptors (Lipinski definition) is 2. The van der Waals surface area contributed by atoms with Gasteiger partial charge in [-0.15, -0.1) is 0 Å². The summed E-state index contributed by atoms with van der Waals surface area (Å²) in [7, 11) is 0. The van der Waals surface area contributed by atoms with Crippen molar-refractivity contribution in [3.8, 4) is 0 Å². The predicted octanol–water partition coefficient (Wildman–Crippen LogP) is 1.56. The van der Waals surface area contributed by atoms with E-state index in [0.29, 0.717) is 12.5 Å². The molecule has 1 fully saturated rings. The van der Waals surface area contributed by atoms with Gasteiger partial charge in [-0.05, 0) is 30.4 Å². The zero-order valence-corrected chi connectivity index (χ0v) is 10.1. The Morgan fingerprint density at radius 1 is 1.41 bits per heavy atom. The number of benzene rings is 1. The highest BCUT2D eigenvalue weighted by Crippen LogP contribution is 2.41. The van der Waals surface area contributed by atoms with Gasteiger partial charge in [-0.25, -0.2) is 0 Å². The summed E-state index contributed by atoms with van der Waals surface area (Å²) in [6, 6.07) is 8.19. The van der Waals surface area contributed by atoms with E-state index in [0.717, 1.165) is 18.5 Å². The molecule has 2 N–H and O–H groups in total. The Bertz CT molecular complexity index is 457. The second kappa shape index (κ2) is 3.84. The second-order valence-electron chi connectivity index (χ2n) is 5.36. The van der Waals surface area contributed by atoms with E-state index in [1.165, 1.54) is 5.56 Å². The Morgan fingerprint density at radius 3 is 2.82 bits per heavy atom. The smallest absolute Gasteiger partial charge is 0.230 e. The molecule has 3 heteroatoms. The number of carbonyl (C=O) groups is 1. The van der Waals surface area contributed by atoms with E-state index in [9.17, 15) is 4.79 Å². The van der Waals surface area contributed by atoms with Gasteiger partial charge in [0.2, 0.25) is 5.91 Å². The van der Waals surface area contributed by atoms with Gasteiger partial charge in [0.1, 0.15) is 0 Å². The minimum Gasteiger partial charge on any atom is -0.326 e. The first-order chi connectivity index (χ1) is 8.16. The Balaban J connectivity index is 1.92. The van der Waals surface area contributed by atoms with E-state index < -0.39 is 0 Å². The number of amides is 1. The Morgan fingerprint density at radius 2 is 2.12 bits per heavy atom. The Labute approximate surface area is 102 Å². The third-order valence-electron chi connectivity index (χ3n) is 3.87. The third-order valence-corrected chi connectivity index (χ3v) is 3.87. The van der Waals surface area contributed by atoms with E-state index >= 15 is 0 Å². The molecule has 3 atom stereocenters. The lowest BCUT2D eigenvalue weighted by molar-refractivity contribution is -0.120. The van der Waals surface area contributed by atoms with Crippen molar-refractivity contribution < 1.29 is 4.79 Å². The standard InChI is InChI=1S/C14H18N2O/c1-9-6-12(9)14(17)16-8-11(15)7-10-4-2-3-5-13(10)16/h2-5,9,11-12H,6-8,15H2,1H3. The fraction of sp³-hybridized carbons (Fsp3) is 0.500. The van der Waals surface area contributed by atoms with Crippen LogP contribution in [0.15, 0.2) is 24.3 Å². The molecule has 3 rings (SSSR count). The number of nitrogens with zero attached hydrogens (tertiary/aromatic N) is 1. The molecule has 1 aliphatic heterocycles. The summed E-state index contributed by atoms with van der Waals surface area (Å²) in [6.45, 7) is 2.80. The van der Waals surface area contributed by atoms with Crippen LogP contribution in [0.1, 0.15) is 18.9 Å². The van der Waals surface area contributed by atoms with E-state index in [1.54, 1.807) is 0 Å². The van der Waals surface area contributed by atoms with Crippen molar-refractivity contribution in [1.29, 1.82) is 0 Å². The highest BCUT2D eigenvalue weighted by molar-refractivity contribution is 5.98. The first-order valence-corrected chi connectivity index (χ1v) is 6.31. The molecule has 0 saturated heterocycles. The van der Waals surface area contributed by atoms with Crippen molar-refractivity contribution in [2.24, 2.45) is 17.6 Å². The van der Waals surface area contributed by atoms with Gasteiger partial charge < -0.3 is 10.6 Å². The summed E-state index contributed by atoms with van der Waals surface area (Å²) in [5.41, 5.74) is 8.31. The molecule has 0 radical (unpaired) electrons. The van der Waals surface area contributed by atoms with Crippen LogP contribution in [0.5, 0.6) is 0 Å². The predicted molar refractivity (Wildman–Crippen MR) is 67.7 cm³/mol. The van der Waals surface area contributed by atoms with Crippen LogP contribution in [0.2, 0.25) is 0 Å². The van der Waals surface area contributed by atoms with Crippen molar-refractivity contribution in [2.75, 3.05) is 11.4 Å². The average molecular weight is 230 g/mol. The van der Waals surface area contributed by atoms with Gasteiger partial charge in [0.25, 0.3) is 0 Å². The van der Waals surface area contributed by atoms with Crippen LogP contribution in [0.3, 0.4) is 0 Å². The summed E-state index contributed by atoms with van der Waals surface area (Å²) in [5, 5.41) is 0. The van der Waals surface area contributed by atoms with E-state index in [-0.39, 0.29) is 17.9 Å². The molecule has 3 unspecified atom stereocenters. The van der Waals surface area contributed by atoms with Crippen LogP contribution in [0.25, 0.3) is 0 Å². The molecule has 1 aliphatic carbocycles. The molecule has 0 aromatic heterocycles. The van der Waals surface area contributed by atoms with Gasteiger partial charge >= 0.3 is 0 Å². The molecule has 90 valence electrons.